The fraction of sp³-hybridized carbons (Fsp3) is 0.556. The smallest absolute Gasteiger partial charge is 0.314 e. The van der Waals surface area contributed by atoms with Crippen LogP contribution in [0.4, 0.5) is 4.79 Å². The van der Waals surface area contributed by atoms with Crippen LogP contribution in [0.3, 0.4) is 0 Å². The molecule has 14 heavy (non-hydrogen) atoms. The van der Waals surface area contributed by atoms with Crippen molar-refractivity contribution in [1.82, 2.24) is 20.4 Å². The minimum absolute atomic E-state index is 0.185. The Balaban J connectivity index is 2.39. The molecule has 0 aliphatic rings. The van der Waals surface area contributed by atoms with Gasteiger partial charge < -0.3 is 10.6 Å². The van der Waals surface area contributed by atoms with Gasteiger partial charge in [0.2, 0.25) is 0 Å². The summed E-state index contributed by atoms with van der Waals surface area (Å²) in [6, 6.07) is 1.72. The third-order valence-electron chi connectivity index (χ3n) is 1.81. The predicted octanol–water partition coefficient (Wildman–Crippen LogP) is 0.722. The predicted molar refractivity (Wildman–Crippen MR) is 53.8 cm³/mol. The summed E-state index contributed by atoms with van der Waals surface area (Å²) in [7, 11) is 1.59. The molecule has 2 N–H and O–H groups in total. The van der Waals surface area contributed by atoms with Crippen LogP contribution in [0.2, 0.25) is 0 Å². The SMILES string of the molecule is CCCn1ccc(CNC(=O)NC)n1. The van der Waals surface area contributed by atoms with Gasteiger partial charge in [-0.3, -0.25) is 4.68 Å². The van der Waals surface area contributed by atoms with Crippen LogP contribution >= 0.6 is 0 Å². The summed E-state index contributed by atoms with van der Waals surface area (Å²) in [4.78, 5) is 10.9. The lowest BCUT2D eigenvalue weighted by atomic mass is 10.4. The Hall–Kier alpha value is -1.52. The fourth-order valence-corrected chi connectivity index (χ4v) is 1.11. The first-order valence-electron chi connectivity index (χ1n) is 4.74. The average Bonchev–Trinajstić information content (AvgIpc) is 2.63. The molecule has 1 rings (SSSR count). The van der Waals surface area contributed by atoms with E-state index >= 15 is 0 Å². The fourth-order valence-electron chi connectivity index (χ4n) is 1.11. The molecule has 5 nitrogen and oxygen atoms in total. The first kappa shape index (κ1) is 10.6. The number of rotatable bonds is 4. The number of aromatic nitrogens is 2. The standard InChI is InChI=1S/C9H16N4O/c1-3-5-13-6-4-8(12-13)7-11-9(14)10-2/h4,6H,3,5,7H2,1-2H3,(H2,10,11,14). The van der Waals surface area contributed by atoms with E-state index in [0.29, 0.717) is 6.54 Å². The number of amides is 2. The van der Waals surface area contributed by atoms with Crippen molar-refractivity contribution in [1.29, 1.82) is 0 Å². The molecule has 0 saturated heterocycles. The maximum atomic E-state index is 10.9. The molecule has 0 unspecified atom stereocenters. The minimum atomic E-state index is -0.185. The minimum Gasteiger partial charge on any atom is -0.341 e. The van der Waals surface area contributed by atoms with Gasteiger partial charge in [0.15, 0.2) is 0 Å². The highest BCUT2D eigenvalue weighted by molar-refractivity contribution is 5.73. The zero-order valence-corrected chi connectivity index (χ0v) is 8.58. The summed E-state index contributed by atoms with van der Waals surface area (Å²) in [5.74, 6) is 0. The molecule has 0 radical (unpaired) electrons. The molecule has 0 saturated carbocycles. The second-order valence-corrected chi connectivity index (χ2v) is 3.00. The van der Waals surface area contributed by atoms with Crippen LogP contribution in [-0.4, -0.2) is 22.9 Å². The Morgan fingerprint density at radius 2 is 2.43 bits per heavy atom. The van der Waals surface area contributed by atoms with E-state index in [1.165, 1.54) is 0 Å². The van der Waals surface area contributed by atoms with Crippen LogP contribution in [0.5, 0.6) is 0 Å². The highest BCUT2D eigenvalue weighted by Crippen LogP contribution is 1.96. The number of carbonyl (C=O) groups excluding carboxylic acids is 1. The molecule has 0 spiro atoms. The number of aryl methyl sites for hydroxylation is 1. The summed E-state index contributed by atoms with van der Waals surface area (Å²) < 4.78 is 1.88. The molecule has 0 aliphatic carbocycles. The first-order chi connectivity index (χ1) is 6.76. The molecule has 0 bridgehead atoms. The van der Waals surface area contributed by atoms with E-state index in [0.717, 1.165) is 18.7 Å². The van der Waals surface area contributed by atoms with Crippen molar-refractivity contribution in [2.75, 3.05) is 7.05 Å². The second-order valence-electron chi connectivity index (χ2n) is 3.00. The summed E-state index contributed by atoms with van der Waals surface area (Å²) in [6.45, 7) is 3.49. The number of carbonyl (C=O) groups is 1. The Morgan fingerprint density at radius 3 is 3.07 bits per heavy atom. The molecule has 5 heteroatoms. The van der Waals surface area contributed by atoms with Gasteiger partial charge in [-0.05, 0) is 12.5 Å². The second kappa shape index (κ2) is 5.26. The van der Waals surface area contributed by atoms with E-state index < -0.39 is 0 Å². The molecular weight excluding hydrogens is 180 g/mol. The number of nitrogens with zero attached hydrogens (tertiary/aromatic N) is 2. The lowest BCUT2D eigenvalue weighted by molar-refractivity contribution is 0.242. The summed E-state index contributed by atoms with van der Waals surface area (Å²) >= 11 is 0. The third kappa shape index (κ3) is 3.08. The maximum Gasteiger partial charge on any atom is 0.314 e. The molecule has 0 aliphatic heterocycles. The van der Waals surface area contributed by atoms with E-state index in [-0.39, 0.29) is 6.03 Å². The highest BCUT2D eigenvalue weighted by Gasteiger charge is 2.00. The van der Waals surface area contributed by atoms with E-state index in [2.05, 4.69) is 22.7 Å². The molecular formula is C9H16N4O. The lowest BCUT2D eigenvalue weighted by Crippen LogP contribution is -2.32. The van der Waals surface area contributed by atoms with Crippen molar-refractivity contribution in [3.63, 3.8) is 0 Å². The van der Waals surface area contributed by atoms with Crippen molar-refractivity contribution in [3.8, 4) is 0 Å². The van der Waals surface area contributed by atoms with Gasteiger partial charge in [-0.1, -0.05) is 6.92 Å². The zero-order chi connectivity index (χ0) is 10.4. The molecule has 0 atom stereocenters. The normalized spacial score (nSPS) is 9.86. The van der Waals surface area contributed by atoms with Crippen molar-refractivity contribution < 1.29 is 4.79 Å². The van der Waals surface area contributed by atoms with Crippen molar-refractivity contribution in [2.45, 2.75) is 26.4 Å². The van der Waals surface area contributed by atoms with Crippen LogP contribution in [0.15, 0.2) is 12.3 Å². The zero-order valence-electron chi connectivity index (χ0n) is 8.58. The van der Waals surface area contributed by atoms with Gasteiger partial charge in [-0.15, -0.1) is 0 Å². The van der Waals surface area contributed by atoms with Crippen LogP contribution in [0.1, 0.15) is 19.0 Å². The monoisotopic (exact) mass is 196 g/mol. The molecule has 1 heterocycles. The number of urea groups is 1. The van der Waals surface area contributed by atoms with Crippen molar-refractivity contribution >= 4 is 6.03 Å². The average molecular weight is 196 g/mol. The quantitative estimate of drug-likeness (QED) is 0.745. The molecule has 78 valence electrons. The Bertz CT molecular complexity index is 295. The summed E-state index contributed by atoms with van der Waals surface area (Å²) in [5.41, 5.74) is 0.877. The van der Waals surface area contributed by atoms with Crippen LogP contribution in [0, 0.1) is 0 Å². The Kier molecular flexibility index (Phi) is 3.97. The van der Waals surface area contributed by atoms with E-state index in [1.807, 2.05) is 16.9 Å². The molecule has 2 amide bonds. The maximum absolute atomic E-state index is 10.9. The van der Waals surface area contributed by atoms with Crippen molar-refractivity contribution in [2.24, 2.45) is 0 Å². The van der Waals surface area contributed by atoms with Gasteiger partial charge in [0, 0.05) is 19.8 Å². The van der Waals surface area contributed by atoms with Crippen LogP contribution in [-0.2, 0) is 13.1 Å². The third-order valence-corrected chi connectivity index (χ3v) is 1.81. The van der Waals surface area contributed by atoms with Gasteiger partial charge in [0.25, 0.3) is 0 Å². The van der Waals surface area contributed by atoms with Crippen LogP contribution < -0.4 is 10.6 Å². The van der Waals surface area contributed by atoms with Gasteiger partial charge in [-0.25, -0.2) is 4.79 Å². The van der Waals surface area contributed by atoms with Crippen LogP contribution in [0.25, 0.3) is 0 Å². The van der Waals surface area contributed by atoms with Gasteiger partial charge in [0.05, 0.1) is 12.2 Å². The lowest BCUT2D eigenvalue weighted by Gasteiger charge is -2.01. The number of nitrogens with one attached hydrogen (secondary N) is 2. The first-order valence-corrected chi connectivity index (χ1v) is 4.74. The van der Waals surface area contributed by atoms with Gasteiger partial charge in [0.1, 0.15) is 0 Å². The van der Waals surface area contributed by atoms with Gasteiger partial charge >= 0.3 is 6.03 Å². The van der Waals surface area contributed by atoms with Crippen molar-refractivity contribution in [3.05, 3.63) is 18.0 Å². The summed E-state index contributed by atoms with van der Waals surface area (Å²) in [5, 5.41) is 9.44. The topological polar surface area (TPSA) is 59.0 Å². The Morgan fingerprint density at radius 1 is 1.64 bits per heavy atom. The highest BCUT2D eigenvalue weighted by atomic mass is 16.2. The number of hydrogen-bond donors (Lipinski definition) is 2. The number of hydrogen-bond acceptors (Lipinski definition) is 2. The molecule has 0 fully saturated rings. The van der Waals surface area contributed by atoms with E-state index in [1.54, 1.807) is 7.05 Å². The largest absolute Gasteiger partial charge is 0.341 e. The molecule has 0 aromatic carbocycles. The summed E-state index contributed by atoms with van der Waals surface area (Å²) in [6.07, 6.45) is 2.98. The molecule has 1 aromatic heterocycles. The van der Waals surface area contributed by atoms with E-state index in [9.17, 15) is 4.79 Å². The van der Waals surface area contributed by atoms with E-state index in [4.69, 9.17) is 0 Å². The van der Waals surface area contributed by atoms with Gasteiger partial charge in [-0.2, -0.15) is 5.10 Å². The molecule has 1 aromatic rings. The Labute approximate surface area is 83.5 Å².